The molecule has 3 N–H and O–H groups in total. The van der Waals surface area contributed by atoms with Crippen LogP contribution in [-0.2, 0) is 0 Å². The molecule has 2 aromatic rings. The molecule has 0 spiro atoms. The minimum atomic E-state index is 0.643. The first-order chi connectivity index (χ1) is 4.36. The van der Waals surface area contributed by atoms with Gasteiger partial charge in [-0.25, -0.2) is 0 Å². The second-order valence-corrected chi connectivity index (χ2v) is 1.92. The zero-order valence-corrected chi connectivity index (χ0v) is 4.72. The fourth-order valence-electron chi connectivity index (χ4n) is 0.869. The highest BCUT2D eigenvalue weighted by molar-refractivity contribution is 5.77. The van der Waals surface area contributed by atoms with Gasteiger partial charge in [-0.05, 0) is 0 Å². The van der Waals surface area contributed by atoms with Gasteiger partial charge in [-0.15, -0.1) is 0 Å². The second-order valence-electron chi connectivity index (χ2n) is 1.92. The van der Waals surface area contributed by atoms with Gasteiger partial charge in [0, 0.05) is 12.1 Å². The van der Waals surface area contributed by atoms with Gasteiger partial charge in [0.1, 0.15) is 5.82 Å². The van der Waals surface area contributed by atoms with Gasteiger partial charge in [0.15, 0.2) is 5.58 Å². The Morgan fingerprint density at radius 3 is 3.22 bits per heavy atom. The fraction of sp³-hybridized carbons (Fsp3) is 0. The van der Waals surface area contributed by atoms with Gasteiger partial charge in [-0.1, -0.05) is 0 Å². The molecule has 3 heteroatoms. The minimum Gasteiger partial charge on any atom is -0.463 e. The average Bonchev–Trinajstić information content (AvgIpc) is 2.22. The zero-order valence-electron chi connectivity index (χ0n) is 4.72. The van der Waals surface area contributed by atoms with E-state index < -0.39 is 0 Å². The first kappa shape index (κ1) is 4.49. The van der Waals surface area contributed by atoms with Crippen LogP contribution in [-0.4, -0.2) is 4.98 Å². The van der Waals surface area contributed by atoms with Crippen molar-refractivity contribution in [3.63, 3.8) is 0 Å². The maximum atomic E-state index is 5.42. The molecule has 0 atom stereocenters. The fourth-order valence-corrected chi connectivity index (χ4v) is 0.869. The molecule has 0 aliphatic heterocycles. The Morgan fingerprint density at radius 2 is 2.44 bits per heavy atom. The number of aromatic nitrogens is 1. The lowest BCUT2D eigenvalue weighted by Gasteiger charge is -1.75. The van der Waals surface area contributed by atoms with E-state index >= 15 is 0 Å². The van der Waals surface area contributed by atoms with Crippen LogP contribution in [0.4, 0.5) is 5.82 Å². The van der Waals surface area contributed by atoms with Crippen LogP contribution in [0.25, 0.3) is 11.1 Å². The molecule has 0 saturated carbocycles. The summed E-state index contributed by atoms with van der Waals surface area (Å²) < 4.78 is 5.03. The maximum absolute atomic E-state index is 5.42. The lowest BCUT2D eigenvalue weighted by molar-refractivity contribution is 0.616. The Bertz CT molecular complexity index is 292. The van der Waals surface area contributed by atoms with Gasteiger partial charge < -0.3 is 15.1 Å². The molecule has 0 amide bonds. The second kappa shape index (κ2) is 1.31. The van der Waals surface area contributed by atoms with Crippen molar-refractivity contribution in [3.8, 4) is 0 Å². The molecular formula is C6H6N2O. The molecule has 0 fully saturated rings. The van der Waals surface area contributed by atoms with Gasteiger partial charge in [0.05, 0.1) is 11.8 Å². The third kappa shape index (κ3) is 0.512. The lowest BCUT2D eigenvalue weighted by atomic mass is 10.5. The number of nitrogens with two attached hydrogens (primary N) is 1. The largest absolute Gasteiger partial charge is 0.463 e. The van der Waals surface area contributed by atoms with E-state index in [1.807, 2.05) is 6.07 Å². The molecule has 0 unspecified atom stereocenters. The molecule has 0 saturated heterocycles. The molecule has 0 aromatic carbocycles. The van der Waals surface area contributed by atoms with Gasteiger partial charge in [-0.3, -0.25) is 0 Å². The Hall–Kier alpha value is -1.38. The summed E-state index contributed by atoms with van der Waals surface area (Å²) in [6, 6.07) is 3.60. The van der Waals surface area contributed by atoms with E-state index in [1.165, 1.54) is 0 Å². The number of rotatable bonds is 0. The van der Waals surface area contributed by atoms with Crippen molar-refractivity contribution in [1.29, 1.82) is 0 Å². The van der Waals surface area contributed by atoms with Crippen LogP contribution in [0.3, 0.4) is 0 Å². The van der Waals surface area contributed by atoms with Crippen molar-refractivity contribution in [3.05, 3.63) is 18.4 Å². The third-order valence-electron chi connectivity index (χ3n) is 1.26. The van der Waals surface area contributed by atoms with E-state index in [-0.39, 0.29) is 0 Å². The monoisotopic (exact) mass is 122 g/mol. The third-order valence-corrected chi connectivity index (χ3v) is 1.26. The minimum absolute atomic E-state index is 0.643. The highest BCUT2D eigenvalue weighted by Crippen LogP contribution is 2.16. The molecule has 9 heavy (non-hydrogen) atoms. The van der Waals surface area contributed by atoms with E-state index in [0.29, 0.717) is 5.82 Å². The normalized spacial score (nSPS) is 10.7. The summed E-state index contributed by atoms with van der Waals surface area (Å²) in [5.41, 5.74) is 7.18. The molecule has 2 heterocycles. The standard InChI is InChI=1S/C6H6N2O/c7-6-3-5-4(8-6)1-2-9-5/h1-3,8H,7H2. The number of furan rings is 1. The SMILES string of the molecule is Nc1cc2occc2[nH]1. The summed E-state index contributed by atoms with van der Waals surface area (Å²) in [5.74, 6) is 0.643. The van der Waals surface area contributed by atoms with Crippen molar-refractivity contribution < 1.29 is 4.42 Å². The summed E-state index contributed by atoms with van der Waals surface area (Å²) in [5, 5.41) is 0. The van der Waals surface area contributed by atoms with E-state index in [4.69, 9.17) is 10.2 Å². The van der Waals surface area contributed by atoms with Crippen LogP contribution in [0, 0.1) is 0 Å². The summed E-state index contributed by atoms with van der Waals surface area (Å²) in [7, 11) is 0. The average molecular weight is 122 g/mol. The topological polar surface area (TPSA) is 54.9 Å². The number of nitrogen functional groups attached to an aromatic ring is 1. The number of H-pyrrole nitrogens is 1. The molecule has 2 aromatic heterocycles. The zero-order chi connectivity index (χ0) is 6.27. The molecule has 0 bridgehead atoms. The summed E-state index contributed by atoms with van der Waals surface area (Å²) >= 11 is 0. The Balaban J connectivity index is 2.92. The van der Waals surface area contributed by atoms with Gasteiger partial charge in [0.2, 0.25) is 0 Å². The summed E-state index contributed by atoms with van der Waals surface area (Å²) in [4.78, 5) is 2.92. The first-order valence-electron chi connectivity index (χ1n) is 2.68. The number of hydrogen-bond donors (Lipinski definition) is 2. The molecule has 46 valence electrons. The van der Waals surface area contributed by atoms with Crippen LogP contribution in [0.15, 0.2) is 22.8 Å². The smallest absolute Gasteiger partial charge is 0.153 e. The number of fused-ring (bicyclic) bond motifs is 1. The Labute approximate surface area is 51.5 Å². The maximum Gasteiger partial charge on any atom is 0.153 e. The van der Waals surface area contributed by atoms with Crippen molar-refractivity contribution >= 4 is 16.9 Å². The van der Waals surface area contributed by atoms with Gasteiger partial charge in [0.25, 0.3) is 0 Å². The van der Waals surface area contributed by atoms with E-state index in [0.717, 1.165) is 11.1 Å². The summed E-state index contributed by atoms with van der Waals surface area (Å²) in [6.07, 6.45) is 1.63. The van der Waals surface area contributed by atoms with Crippen LogP contribution in [0.1, 0.15) is 0 Å². The highest BCUT2D eigenvalue weighted by atomic mass is 16.3. The van der Waals surface area contributed by atoms with Crippen LogP contribution >= 0.6 is 0 Å². The Morgan fingerprint density at radius 1 is 1.56 bits per heavy atom. The number of nitrogens with one attached hydrogen (secondary N) is 1. The summed E-state index contributed by atoms with van der Waals surface area (Å²) in [6.45, 7) is 0. The predicted octanol–water partition coefficient (Wildman–Crippen LogP) is 1.34. The molecular weight excluding hydrogens is 116 g/mol. The first-order valence-corrected chi connectivity index (χ1v) is 2.68. The molecule has 0 aliphatic rings. The van der Waals surface area contributed by atoms with Crippen molar-refractivity contribution in [2.75, 3.05) is 5.73 Å². The van der Waals surface area contributed by atoms with Crippen LogP contribution in [0.5, 0.6) is 0 Å². The van der Waals surface area contributed by atoms with Crippen molar-refractivity contribution in [1.82, 2.24) is 4.98 Å². The van der Waals surface area contributed by atoms with E-state index in [2.05, 4.69) is 4.98 Å². The number of anilines is 1. The predicted molar refractivity (Wildman–Crippen MR) is 35.0 cm³/mol. The Kier molecular flexibility index (Phi) is 0.656. The molecule has 0 radical (unpaired) electrons. The molecule has 0 aliphatic carbocycles. The van der Waals surface area contributed by atoms with Gasteiger partial charge >= 0.3 is 0 Å². The van der Waals surface area contributed by atoms with Crippen molar-refractivity contribution in [2.45, 2.75) is 0 Å². The van der Waals surface area contributed by atoms with Gasteiger partial charge in [-0.2, -0.15) is 0 Å². The van der Waals surface area contributed by atoms with Crippen molar-refractivity contribution in [2.24, 2.45) is 0 Å². The number of hydrogen-bond acceptors (Lipinski definition) is 2. The molecule has 3 nitrogen and oxygen atoms in total. The number of aromatic amines is 1. The van der Waals surface area contributed by atoms with E-state index in [1.54, 1.807) is 12.3 Å². The van der Waals surface area contributed by atoms with Crippen LogP contribution in [0.2, 0.25) is 0 Å². The highest BCUT2D eigenvalue weighted by Gasteiger charge is 1.97. The van der Waals surface area contributed by atoms with E-state index in [9.17, 15) is 0 Å². The quantitative estimate of drug-likeness (QED) is 0.554. The lowest BCUT2D eigenvalue weighted by Crippen LogP contribution is -1.80. The van der Waals surface area contributed by atoms with Crippen LogP contribution < -0.4 is 5.73 Å². The molecule has 2 rings (SSSR count).